The van der Waals surface area contributed by atoms with E-state index in [1.54, 1.807) is 0 Å². The minimum Gasteiger partial charge on any atom is -0.369 e. The molecule has 16 heavy (non-hydrogen) atoms. The van der Waals surface area contributed by atoms with Crippen molar-refractivity contribution in [1.82, 2.24) is 4.98 Å². The predicted octanol–water partition coefficient (Wildman–Crippen LogP) is 1.81. The number of hydrogen-bond donors (Lipinski definition) is 0. The third-order valence-electron chi connectivity index (χ3n) is 1.46. The second-order valence-corrected chi connectivity index (χ2v) is 2.97. The Morgan fingerprint density at radius 3 is 2.38 bits per heavy atom. The molecule has 0 aliphatic rings. The zero-order valence-corrected chi connectivity index (χ0v) is 9.31. The van der Waals surface area contributed by atoms with Crippen molar-refractivity contribution in [2.75, 3.05) is 0 Å². The number of rotatable bonds is 4. The van der Waals surface area contributed by atoms with Gasteiger partial charge in [-0.1, -0.05) is 0 Å². The van der Waals surface area contributed by atoms with Crippen LogP contribution in [0.25, 0.3) is 0 Å². The Morgan fingerprint density at radius 2 is 1.75 bits per heavy atom. The molecule has 0 atom stereocenters. The summed E-state index contributed by atoms with van der Waals surface area (Å²) in [4.78, 5) is 26.0. The van der Waals surface area contributed by atoms with Gasteiger partial charge in [0, 0.05) is 6.20 Å². The maximum atomic E-state index is 11.2. The predicted molar refractivity (Wildman–Crippen MR) is 50.3 cm³/mol. The van der Waals surface area contributed by atoms with E-state index in [-0.39, 0.29) is 11.3 Å². The first kappa shape index (κ1) is 12.4. The van der Waals surface area contributed by atoms with Crippen LogP contribution in [-0.2, 0) is 18.2 Å². The Kier molecular flexibility index (Phi) is 4.64. The van der Waals surface area contributed by atoms with Crippen molar-refractivity contribution in [2.45, 2.75) is 0 Å². The molecule has 9 heteroatoms. The molecule has 1 rings (SSSR count). The molecule has 0 amide bonds. The summed E-state index contributed by atoms with van der Waals surface area (Å²) in [5.41, 5.74) is -0.584. The van der Waals surface area contributed by atoms with Gasteiger partial charge in [-0.2, -0.15) is 0 Å². The number of pyridine rings is 1. The van der Waals surface area contributed by atoms with Gasteiger partial charge in [-0.05, 0) is 12.1 Å². The molecule has 0 fully saturated rings. The van der Waals surface area contributed by atoms with E-state index < -0.39 is 29.3 Å². The number of carbonyl (C=O) groups is 2. The van der Waals surface area contributed by atoms with E-state index in [1.165, 1.54) is 18.3 Å². The van der Waals surface area contributed by atoms with Crippen LogP contribution in [0.3, 0.4) is 0 Å². The van der Waals surface area contributed by atoms with Crippen LogP contribution in [0.4, 0.5) is 0 Å². The SMILES string of the molecule is O=POC(=O)c1cccnc1C(=O)OP=O. The number of carbonyl (C=O) groups excluding carboxylic acids is 2. The summed E-state index contributed by atoms with van der Waals surface area (Å²) in [5.74, 6) is -2.05. The van der Waals surface area contributed by atoms with Crippen LogP contribution in [0.5, 0.6) is 0 Å². The fourth-order valence-electron chi connectivity index (χ4n) is 0.893. The quantitative estimate of drug-likeness (QED) is 0.760. The molecule has 0 bridgehead atoms. The summed E-state index contributed by atoms with van der Waals surface area (Å²) in [5, 5.41) is 0. The molecule has 82 valence electrons. The van der Waals surface area contributed by atoms with E-state index in [4.69, 9.17) is 0 Å². The summed E-state index contributed by atoms with van der Waals surface area (Å²) in [6, 6.07) is 2.61. The molecular weight excluding hydrogens is 256 g/mol. The smallest absolute Gasteiger partial charge is 0.369 e. The normalized spacial score (nSPS) is 10.0. The molecule has 1 aromatic rings. The van der Waals surface area contributed by atoms with Crippen LogP contribution in [0.1, 0.15) is 20.8 Å². The van der Waals surface area contributed by atoms with Crippen molar-refractivity contribution < 1.29 is 27.8 Å². The zero-order chi connectivity index (χ0) is 12.0. The van der Waals surface area contributed by atoms with Crippen LogP contribution in [-0.4, -0.2) is 16.9 Å². The van der Waals surface area contributed by atoms with Gasteiger partial charge in [0.05, 0.1) is 5.56 Å². The van der Waals surface area contributed by atoms with Gasteiger partial charge < -0.3 is 9.05 Å². The first-order chi connectivity index (χ1) is 7.70. The Morgan fingerprint density at radius 1 is 1.12 bits per heavy atom. The van der Waals surface area contributed by atoms with E-state index in [9.17, 15) is 18.7 Å². The minimum absolute atomic E-state index is 0.223. The van der Waals surface area contributed by atoms with Gasteiger partial charge in [0.15, 0.2) is 5.69 Å². The molecule has 0 N–H and O–H groups in total. The molecule has 1 aromatic heterocycles. The van der Waals surface area contributed by atoms with Gasteiger partial charge >= 0.3 is 29.3 Å². The lowest BCUT2D eigenvalue weighted by molar-refractivity contribution is 0.0708. The van der Waals surface area contributed by atoms with Gasteiger partial charge in [0.25, 0.3) is 0 Å². The lowest BCUT2D eigenvalue weighted by Gasteiger charge is -2.01. The highest BCUT2D eigenvalue weighted by molar-refractivity contribution is 7.18. The van der Waals surface area contributed by atoms with E-state index in [0.717, 1.165) is 0 Å². The molecule has 0 spiro atoms. The average molecular weight is 259 g/mol. The molecule has 0 aromatic carbocycles. The van der Waals surface area contributed by atoms with Gasteiger partial charge in [-0.15, -0.1) is 0 Å². The Balaban J connectivity index is 3.09. The standard InChI is InChI=1S/C7H3NO6P2/c9-6(13-15-11)4-2-1-3-8-5(4)7(10)14-16-12/h1-3H. The Hall–Kier alpha value is -1.71. The monoisotopic (exact) mass is 259 g/mol. The summed E-state index contributed by atoms with van der Waals surface area (Å²) in [7, 11) is -1.71. The first-order valence-electron chi connectivity index (χ1n) is 3.73. The Bertz CT molecular complexity index is 407. The van der Waals surface area contributed by atoms with Crippen molar-refractivity contribution >= 4 is 29.3 Å². The largest absolute Gasteiger partial charge is 0.398 e. The fourth-order valence-corrected chi connectivity index (χ4v) is 1.21. The Labute approximate surface area is 92.3 Å². The lowest BCUT2D eigenvalue weighted by atomic mass is 10.2. The second-order valence-electron chi connectivity index (χ2n) is 2.31. The van der Waals surface area contributed by atoms with Crippen LogP contribution in [0.15, 0.2) is 18.3 Å². The second kappa shape index (κ2) is 6.00. The number of nitrogens with zero attached hydrogens (tertiary/aromatic N) is 1. The van der Waals surface area contributed by atoms with Crippen LogP contribution >= 0.6 is 17.4 Å². The zero-order valence-electron chi connectivity index (χ0n) is 7.52. The van der Waals surface area contributed by atoms with Crippen molar-refractivity contribution in [2.24, 2.45) is 0 Å². The van der Waals surface area contributed by atoms with Crippen molar-refractivity contribution in [1.29, 1.82) is 0 Å². The summed E-state index contributed by atoms with van der Waals surface area (Å²) in [6.45, 7) is 0. The molecule has 0 saturated carbocycles. The van der Waals surface area contributed by atoms with Crippen molar-refractivity contribution in [3.63, 3.8) is 0 Å². The third-order valence-corrected chi connectivity index (χ3v) is 1.94. The van der Waals surface area contributed by atoms with Gasteiger partial charge in [0.1, 0.15) is 0 Å². The highest BCUT2D eigenvalue weighted by Gasteiger charge is 2.21. The highest BCUT2D eigenvalue weighted by atomic mass is 31.1. The molecule has 0 aliphatic heterocycles. The molecular formula is C7H3NO6P2. The average Bonchev–Trinajstić information content (AvgIpc) is 2.30. The van der Waals surface area contributed by atoms with Crippen molar-refractivity contribution in [3.05, 3.63) is 29.6 Å². The van der Waals surface area contributed by atoms with E-state index >= 15 is 0 Å². The lowest BCUT2D eigenvalue weighted by Crippen LogP contribution is -2.11. The van der Waals surface area contributed by atoms with E-state index in [1.807, 2.05) is 0 Å². The van der Waals surface area contributed by atoms with Crippen molar-refractivity contribution in [3.8, 4) is 0 Å². The molecule has 7 nitrogen and oxygen atoms in total. The summed E-state index contributed by atoms with van der Waals surface area (Å²) < 4.78 is 28.4. The fraction of sp³-hybridized carbons (Fsp3) is 0. The van der Waals surface area contributed by atoms with Crippen LogP contribution in [0, 0.1) is 0 Å². The highest BCUT2D eigenvalue weighted by Crippen LogP contribution is 2.13. The maximum Gasteiger partial charge on any atom is 0.398 e. The third kappa shape index (κ3) is 2.89. The minimum atomic E-state index is -1.05. The number of aromatic nitrogens is 1. The maximum absolute atomic E-state index is 11.2. The van der Waals surface area contributed by atoms with Crippen LogP contribution in [0.2, 0.25) is 0 Å². The molecule has 1 heterocycles. The molecule has 0 saturated heterocycles. The number of hydrogen-bond acceptors (Lipinski definition) is 7. The van der Waals surface area contributed by atoms with E-state index in [2.05, 4.69) is 14.0 Å². The molecule has 0 unspecified atom stereocenters. The first-order valence-corrected chi connectivity index (χ1v) is 5.19. The van der Waals surface area contributed by atoms with E-state index in [0.29, 0.717) is 0 Å². The summed E-state index contributed by atoms with van der Waals surface area (Å²) in [6.07, 6.45) is 1.24. The van der Waals surface area contributed by atoms with Gasteiger partial charge in [-0.3, -0.25) is 0 Å². The van der Waals surface area contributed by atoms with Gasteiger partial charge in [-0.25, -0.2) is 23.7 Å². The molecule has 0 radical (unpaired) electrons. The topological polar surface area (TPSA) is 99.6 Å². The van der Waals surface area contributed by atoms with Gasteiger partial charge in [0.2, 0.25) is 0 Å². The molecule has 0 aliphatic carbocycles. The van der Waals surface area contributed by atoms with Crippen LogP contribution < -0.4 is 0 Å². The summed E-state index contributed by atoms with van der Waals surface area (Å²) >= 11 is 0.